The van der Waals surface area contributed by atoms with Crippen molar-refractivity contribution in [1.29, 1.82) is 0 Å². The van der Waals surface area contributed by atoms with Gasteiger partial charge in [-0.2, -0.15) is 0 Å². The van der Waals surface area contributed by atoms with E-state index in [0.29, 0.717) is 19.3 Å². The maximum absolute atomic E-state index is 12.9. The standard InChI is InChI=1S/C28H34N2O5/c1-27(2,3)14-18(24(31)30-17-28(12-13-28)25(32)33)15-29-26(34)35-16-23-21-10-6-4-8-19(21)20-9-5-7-11-22(20)23/h4-11,18,23H,12-17H2,1-3H3,(H,29,34)(H,30,31)(H,32,33). The Balaban J connectivity index is 1.34. The maximum Gasteiger partial charge on any atom is 0.407 e. The molecule has 1 atom stereocenters. The lowest BCUT2D eigenvalue weighted by Gasteiger charge is -2.26. The third-order valence-corrected chi connectivity index (χ3v) is 6.97. The average molecular weight is 479 g/mol. The van der Waals surface area contributed by atoms with Crippen LogP contribution in [0, 0.1) is 16.7 Å². The second kappa shape index (κ2) is 9.72. The zero-order chi connectivity index (χ0) is 25.2. The predicted octanol–water partition coefficient (Wildman–Crippen LogP) is 4.56. The Hall–Kier alpha value is -3.35. The molecule has 1 fully saturated rings. The number of hydrogen-bond donors (Lipinski definition) is 3. The van der Waals surface area contributed by atoms with E-state index in [4.69, 9.17) is 4.74 Å². The number of aliphatic carboxylic acids is 1. The number of ether oxygens (including phenoxy) is 1. The van der Waals surface area contributed by atoms with Crippen LogP contribution in [0.4, 0.5) is 4.79 Å². The minimum absolute atomic E-state index is 0.0347. The van der Waals surface area contributed by atoms with Gasteiger partial charge in [0.15, 0.2) is 0 Å². The first-order valence-electron chi connectivity index (χ1n) is 12.2. The van der Waals surface area contributed by atoms with Crippen LogP contribution in [0.1, 0.15) is 57.1 Å². The second-order valence-electron chi connectivity index (χ2n) is 11.0. The summed E-state index contributed by atoms with van der Waals surface area (Å²) in [6.07, 6.45) is 1.13. The van der Waals surface area contributed by atoms with E-state index in [1.54, 1.807) is 0 Å². The quantitative estimate of drug-likeness (QED) is 0.490. The lowest BCUT2D eigenvalue weighted by Crippen LogP contribution is -2.43. The van der Waals surface area contributed by atoms with E-state index in [0.717, 1.165) is 22.3 Å². The van der Waals surface area contributed by atoms with Gasteiger partial charge in [0.05, 0.1) is 11.3 Å². The Morgan fingerprint density at radius 2 is 1.57 bits per heavy atom. The SMILES string of the molecule is CC(C)(C)CC(CNC(=O)OCC1c2ccccc2-c2ccccc21)C(=O)NCC1(C(=O)O)CC1. The minimum atomic E-state index is -0.873. The van der Waals surface area contributed by atoms with Crippen LogP contribution in [0.5, 0.6) is 0 Å². The molecule has 0 heterocycles. The third kappa shape index (κ3) is 5.66. The van der Waals surface area contributed by atoms with Crippen LogP contribution in [-0.2, 0) is 14.3 Å². The fourth-order valence-electron chi connectivity index (χ4n) is 4.87. The summed E-state index contributed by atoms with van der Waals surface area (Å²) in [5.41, 5.74) is 3.62. The second-order valence-corrected chi connectivity index (χ2v) is 11.0. The molecule has 4 rings (SSSR count). The van der Waals surface area contributed by atoms with Crippen molar-refractivity contribution in [3.63, 3.8) is 0 Å². The van der Waals surface area contributed by atoms with E-state index < -0.39 is 23.4 Å². The summed E-state index contributed by atoms with van der Waals surface area (Å²) in [5, 5.41) is 14.9. The maximum atomic E-state index is 12.9. The van der Waals surface area contributed by atoms with Crippen molar-refractivity contribution in [2.75, 3.05) is 19.7 Å². The monoisotopic (exact) mass is 478 g/mol. The van der Waals surface area contributed by atoms with E-state index >= 15 is 0 Å². The topological polar surface area (TPSA) is 105 Å². The molecule has 0 aliphatic heterocycles. The molecule has 7 heteroatoms. The predicted molar refractivity (Wildman–Crippen MR) is 133 cm³/mol. The number of benzene rings is 2. The number of rotatable bonds is 9. The number of fused-ring (bicyclic) bond motifs is 3. The highest BCUT2D eigenvalue weighted by molar-refractivity contribution is 5.83. The van der Waals surface area contributed by atoms with E-state index in [1.165, 1.54) is 0 Å². The van der Waals surface area contributed by atoms with Crippen LogP contribution >= 0.6 is 0 Å². The van der Waals surface area contributed by atoms with E-state index in [1.807, 2.05) is 45.0 Å². The van der Waals surface area contributed by atoms with Crippen LogP contribution in [0.2, 0.25) is 0 Å². The van der Waals surface area contributed by atoms with Gasteiger partial charge in [0.25, 0.3) is 0 Å². The van der Waals surface area contributed by atoms with Gasteiger partial charge in [0.1, 0.15) is 6.61 Å². The van der Waals surface area contributed by atoms with Crippen molar-refractivity contribution >= 4 is 18.0 Å². The number of hydrogen-bond acceptors (Lipinski definition) is 4. The lowest BCUT2D eigenvalue weighted by molar-refractivity contribution is -0.143. The van der Waals surface area contributed by atoms with Crippen molar-refractivity contribution < 1.29 is 24.2 Å². The largest absolute Gasteiger partial charge is 0.481 e. The molecule has 35 heavy (non-hydrogen) atoms. The number of carboxylic acid groups (broad SMARTS) is 1. The highest BCUT2D eigenvalue weighted by Gasteiger charge is 2.50. The summed E-state index contributed by atoms with van der Waals surface area (Å²) in [4.78, 5) is 36.9. The smallest absolute Gasteiger partial charge is 0.407 e. The summed E-state index contributed by atoms with van der Waals surface area (Å²) in [7, 11) is 0. The Labute approximate surface area is 206 Å². The minimum Gasteiger partial charge on any atom is -0.481 e. The number of nitrogens with one attached hydrogen (secondary N) is 2. The van der Waals surface area contributed by atoms with Crippen molar-refractivity contribution in [1.82, 2.24) is 10.6 Å². The van der Waals surface area contributed by atoms with Gasteiger partial charge in [-0.3, -0.25) is 9.59 Å². The van der Waals surface area contributed by atoms with Gasteiger partial charge in [-0.05, 0) is 46.9 Å². The fraction of sp³-hybridized carbons (Fsp3) is 0.464. The highest BCUT2D eigenvalue weighted by Crippen LogP contribution is 2.45. The van der Waals surface area contributed by atoms with Crippen molar-refractivity contribution in [2.45, 2.75) is 46.0 Å². The molecule has 1 saturated carbocycles. The molecule has 7 nitrogen and oxygen atoms in total. The van der Waals surface area contributed by atoms with Crippen LogP contribution < -0.4 is 10.6 Å². The van der Waals surface area contributed by atoms with Gasteiger partial charge in [-0.15, -0.1) is 0 Å². The first-order valence-corrected chi connectivity index (χ1v) is 12.2. The average Bonchev–Trinajstić information content (AvgIpc) is 3.55. The summed E-state index contributed by atoms with van der Waals surface area (Å²) >= 11 is 0. The van der Waals surface area contributed by atoms with E-state index in [2.05, 4.69) is 34.9 Å². The van der Waals surface area contributed by atoms with Gasteiger partial charge in [-0.1, -0.05) is 69.3 Å². The Morgan fingerprint density at radius 3 is 2.09 bits per heavy atom. The molecule has 0 bridgehead atoms. The van der Waals surface area contributed by atoms with Crippen LogP contribution in [-0.4, -0.2) is 42.8 Å². The summed E-state index contributed by atoms with van der Waals surface area (Å²) in [5.74, 6) is -1.64. The number of alkyl carbamates (subject to hydrolysis) is 1. The highest BCUT2D eigenvalue weighted by atomic mass is 16.5. The number of carboxylic acids is 1. The van der Waals surface area contributed by atoms with E-state index in [9.17, 15) is 19.5 Å². The Morgan fingerprint density at radius 1 is 1.00 bits per heavy atom. The molecular weight excluding hydrogens is 444 g/mol. The fourth-order valence-corrected chi connectivity index (χ4v) is 4.87. The van der Waals surface area contributed by atoms with Gasteiger partial charge >= 0.3 is 12.1 Å². The van der Waals surface area contributed by atoms with Crippen molar-refractivity contribution in [2.24, 2.45) is 16.7 Å². The normalized spacial score (nSPS) is 16.5. The first-order chi connectivity index (χ1) is 16.6. The molecule has 0 aromatic heterocycles. The molecule has 2 aromatic carbocycles. The van der Waals surface area contributed by atoms with Gasteiger partial charge < -0.3 is 20.5 Å². The van der Waals surface area contributed by atoms with Gasteiger partial charge in [0, 0.05) is 19.0 Å². The van der Waals surface area contributed by atoms with Crippen LogP contribution in [0.3, 0.4) is 0 Å². The van der Waals surface area contributed by atoms with Crippen LogP contribution in [0.15, 0.2) is 48.5 Å². The van der Waals surface area contributed by atoms with E-state index in [-0.39, 0.29) is 36.9 Å². The Bertz CT molecular complexity index is 1070. The number of amides is 2. The molecule has 2 amide bonds. The molecule has 1 unspecified atom stereocenters. The number of carbonyl (C=O) groups excluding carboxylic acids is 2. The summed E-state index contributed by atoms with van der Waals surface area (Å²) < 4.78 is 5.60. The molecule has 2 aliphatic carbocycles. The molecule has 0 saturated heterocycles. The third-order valence-electron chi connectivity index (χ3n) is 6.97. The molecule has 0 spiro atoms. The molecule has 186 valence electrons. The Kier molecular flexibility index (Phi) is 6.88. The molecule has 2 aromatic rings. The van der Waals surface area contributed by atoms with Gasteiger partial charge in [0.2, 0.25) is 5.91 Å². The summed E-state index contributed by atoms with van der Waals surface area (Å²) in [6, 6.07) is 16.3. The first kappa shape index (κ1) is 24.8. The molecular formula is C28H34N2O5. The summed E-state index contributed by atoms with van der Waals surface area (Å²) in [6.45, 7) is 6.53. The molecule has 2 aliphatic rings. The van der Waals surface area contributed by atoms with Crippen molar-refractivity contribution in [3.05, 3.63) is 59.7 Å². The van der Waals surface area contributed by atoms with Gasteiger partial charge in [-0.25, -0.2) is 4.79 Å². The van der Waals surface area contributed by atoms with Crippen molar-refractivity contribution in [3.8, 4) is 11.1 Å². The number of carbonyl (C=O) groups is 3. The lowest BCUT2D eigenvalue weighted by atomic mass is 9.84. The zero-order valence-electron chi connectivity index (χ0n) is 20.6. The molecule has 0 radical (unpaired) electrons. The molecule has 3 N–H and O–H groups in total. The van der Waals surface area contributed by atoms with Crippen LogP contribution in [0.25, 0.3) is 11.1 Å². The zero-order valence-corrected chi connectivity index (χ0v) is 20.6.